The van der Waals surface area contributed by atoms with Crippen LogP contribution >= 0.6 is 0 Å². The molecule has 3 aromatic heterocycles. The van der Waals surface area contributed by atoms with Gasteiger partial charge in [-0.25, -0.2) is 9.97 Å². The third kappa shape index (κ3) is 2.33. The first-order valence-electron chi connectivity index (χ1n) is 7.03. The van der Waals surface area contributed by atoms with E-state index >= 15 is 0 Å². The van der Waals surface area contributed by atoms with Gasteiger partial charge in [0.25, 0.3) is 0 Å². The number of aromatic nitrogens is 7. The Kier molecular flexibility index (Phi) is 3.48. The smallest absolute Gasteiger partial charge is 0.242 e. The average molecular weight is 335 g/mol. The van der Waals surface area contributed by atoms with Gasteiger partial charge >= 0.3 is 0 Å². The highest BCUT2D eigenvalue weighted by atomic mass is 16.7. The maximum absolute atomic E-state index is 10.3. The molecule has 0 amide bonds. The van der Waals surface area contributed by atoms with Crippen LogP contribution in [-0.4, -0.2) is 74.9 Å². The van der Waals surface area contributed by atoms with Gasteiger partial charge in [-0.05, 0) is 5.21 Å². The number of aliphatic hydroxyl groups is 2. The quantitative estimate of drug-likeness (QED) is 0.482. The second kappa shape index (κ2) is 5.67. The molecule has 3 aromatic rings. The van der Waals surface area contributed by atoms with Crippen LogP contribution in [0.5, 0.6) is 5.88 Å². The third-order valence-electron chi connectivity index (χ3n) is 3.72. The molecule has 1 aliphatic heterocycles. The zero-order valence-corrected chi connectivity index (χ0v) is 12.1. The lowest BCUT2D eigenvalue weighted by Crippen LogP contribution is -2.36. The Morgan fingerprint density at radius 2 is 2.08 bits per heavy atom. The molecule has 0 aliphatic carbocycles. The summed E-state index contributed by atoms with van der Waals surface area (Å²) in [6.45, 7) is -0.0506. The molecule has 0 aromatic carbocycles. The van der Waals surface area contributed by atoms with E-state index in [1.165, 1.54) is 29.6 Å². The maximum atomic E-state index is 10.3. The van der Waals surface area contributed by atoms with E-state index in [0.29, 0.717) is 0 Å². The molecule has 24 heavy (non-hydrogen) atoms. The summed E-state index contributed by atoms with van der Waals surface area (Å²) < 4.78 is 7.09. The monoisotopic (exact) mass is 335 g/mol. The molecule has 12 heteroatoms. The molecule has 3 N–H and O–H groups in total. The first kappa shape index (κ1) is 14.7. The van der Waals surface area contributed by atoms with Crippen molar-refractivity contribution in [3.05, 3.63) is 25.0 Å². The Bertz CT molecular complexity index is 838. The standard InChI is InChI=1S/C12H13N7O5/c20-8-6(3-23-19-2-1-16-17-19)24-12(9(8)21)18-5-15-7-10(18)13-4-14-11(7)22/h1-2,4-6,8-9,12,20-21H,3H2,(H,13,14,22)/t6-,8-,9-,12-/m1/s1. The van der Waals surface area contributed by atoms with Crippen molar-refractivity contribution >= 4 is 11.2 Å². The molecule has 1 saturated heterocycles. The fourth-order valence-electron chi connectivity index (χ4n) is 2.54. The van der Waals surface area contributed by atoms with Crippen molar-refractivity contribution in [1.29, 1.82) is 0 Å². The van der Waals surface area contributed by atoms with Crippen molar-refractivity contribution in [2.75, 3.05) is 6.61 Å². The number of nitrogens with zero attached hydrogens (tertiary/aromatic N) is 7. The first-order valence-corrected chi connectivity index (χ1v) is 7.03. The summed E-state index contributed by atoms with van der Waals surface area (Å²) in [6, 6.07) is 0. The van der Waals surface area contributed by atoms with Crippen LogP contribution in [0.1, 0.15) is 6.23 Å². The minimum atomic E-state index is -1.23. The highest BCUT2D eigenvalue weighted by Crippen LogP contribution is 2.32. The lowest BCUT2D eigenvalue weighted by molar-refractivity contribution is -0.0728. The summed E-state index contributed by atoms with van der Waals surface area (Å²) in [7, 11) is 0. The van der Waals surface area contributed by atoms with E-state index in [1.807, 2.05) is 0 Å². The molecular formula is C12H13N7O5. The van der Waals surface area contributed by atoms with E-state index in [2.05, 4.69) is 25.3 Å². The van der Waals surface area contributed by atoms with Gasteiger partial charge in [0, 0.05) is 0 Å². The van der Waals surface area contributed by atoms with E-state index in [-0.39, 0.29) is 23.7 Å². The van der Waals surface area contributed by atoms with Gasteiger partial charge in [-0.15, -0.1) is 5.10 Å². The molecule has 0 bridgehead atoms. The van der Waals surface area contributed by atoms with Crippen LogP contribution in [0.25, 0.3) is 11.2 Å². The molecule has 0 radical (unpaired) electrons. The minimum Gasteiger partial charge on any atom is -0.492 e. The Morgan fingerprint density at radius 1 is 1.21 bits per heavy atom. The number of aromatic hydroxyl groups is 1. The summed E-state index contributed by atoms with van der Waals surface area (Å²) in [6.07, 6.45) is 1.27. The average Bonchev–Trinajstić information content (AvgIpc) is 3.28. The van der Waals surface area contributed by atoms with Gasteiger partial charge in [0.05, 0.1) is 18.7 Å². The van der Waals surface area contributed by atoms with Gasteiger partial charge in [-0.1, -0.05) is 4.85 Å². The number of hydrogen-bond donors (Lipinski definition) is 3. The lowest BCUT2D eigenvalue weighted by Gasteiger charge is -2.16. The SMILES string of the molecule is Oc1ncnc2c1ncn2[C@@H]1O[C@H](COn2ccnn2)[C@@H](O)[C@H]1O. The van der Waals surface area contributed by atoms with Gasteiger partial charge in [0.1, 0.15) is 31.2 Å². The van der Waals surface area contributed by atoms with Gasteiger partial charge in [0.2, 0.25) is 5.88 Å². The zero-order chi connectivity index (χ0) is 16.7. The normalized spacial score (nSPS) is 26.9. The van der Waals surface area contributed by atoms with Gasteiger partial charge in [-0.2, -0.15) is 4.98 Å². The van der Waals surface area contributed by atoms with Crippen LogP contribution in [0.4, 0.5) is 0 Å². The van der Waals surface area contributed by atoms with Crippen molar-refractivity contribution in [1.82, 2.24) is 34.7 Å². The topological polar surface area (TPSA) is 153 Å². The highest BCUT2D eigenvalue weighted by Gasteiger charge is 2.45. The predicted molar refractivity (Wildman–Crippen MR) is 74.4 cm³/mol. The largest absolute Gasteiger partial charge is 0.492 e. The fourth-order valence-corrected chi connectivity index (χ4v) is 2.54. The predicted octanol–water partition coefficient (Wildman–Crippen LogP) is -2.13. The Hall–Kier alpha value is -2.83. The van der Waals surface area contributed by atoms with Crippen LogP contribution in [0.2, 0.25) is 0 Å². The van der Waals surface area contributed by atoms with E-state index in [0.717, 1.165) is 4.85 Å². The first-order chi connectivity index (χ1) is 11.6. The van der Waals surface area contributed by atoms with E-state index in [1.54, 1.807) is 0 Å². The van der Waals surface area contributed by atoms with Crippen LogP contribution in [0.3, 0.4) is 0 Å². The Balaban J connectivity index is 1.56. The van der Waals surface area contributed by atoms with Crippen molar-refractivity contribution in [2.45, 2.75) is 24.5 Å². The second-order valence-corrected chi connectivity index (χ2v) is 5.17. The molecule has 4 atom stereocenters. The van der Waals surface area contributed by atoms with E-state index < -0.39 is 24.5 Å². The molecule has 0 saturated carbocycles. The van der Waals surface area contributed by atoms with Crippen LogP contribution in [0.15, 0.2) is 25.0 Å². The minimum absolute atomic E-state index is 0.0506. The van der Waals surface area contributed by atoms with Gasteiger partial charge in [-0.3, -0.25) is 4.57 Å². The van der Waals surface area contributed by atoms with E-state index in [9.17, 15) is 15.3 Å². The van der Waals surface area contributed by atoms with Gasteiger partial charge < -0.3 is 24.9 Å². The molecule has 0 spiro atoms. The zero-order valence-electron chi connectivity index (χ0n) is 12.1. The van der Waals surface area contributed by atoms with Crippen molar-refractivity contribution in [3.63, 3.8) is 0 Å². The molecular weight excluding hydrogens is 322 g/mol. The summed E-state index contributed by atoms with van der Waals surface area (Å²) in [5.74, 6) is -0.280. The fraction of sp³-hybridized carbons (Fsp3) is 0.417. The van der Waals surface area contributed by atoms with Crippen LogP contribution in [0, 0.1) is 0 Å². The summed E-state index contributed by atoms with van der Waals surface area (Å²) in [5, 5.41) is 37.3. The maximum Gasteiger partial charge on any atom is 0.242 e. The number of ether oxygens (including phenoxy) is 1. The van der Waals surface area contributed by atoms with Crippen LogP contribution < -0.4 is 4.84 Å². The number of fused-ring (bicyclic) bond motifs is 1. The van der Waals surface area contributed by atoms with Crippen molar-refractivity contribution in [3.8, 4) is 5.88 Å². The summed E-state index contributed by atoms with van der Waals surface area (Å²) in [5.41, 5.74) is 0.446. The van der Waals surface area contributed by atoms with Gasteiger partial charge in [0.15, 0.2) is 17.4 Å². The van der Waals surface area contributed by atoms with Crippen molar-refractivity contribution in [2.24, 2.45) is 0 Å². The van der Waals surface area contributed by atoms with Crippen molar-refractivity contribution < 1.29 is 24.9 Å². The molecule has 126 valence electrons. The highest BCUT2D eigenvalue weighted by molar-refractivity contribution is 5.75. The molecule has 12 nitrogen and oxygen atoms in total. The second-order valence-electron chi connectivity index (χ2n) is 5.17. The number of rotatable bonds is 4. The van der Waals surface area contributed by atoms with Crippen LogP contribution in [-0.2, 0) is 4.74 Å². The Morgan fingerprint density at radius 3 is 2.88 bits per heavy atom. The number of hydrogen-bond acceptors (Lipinski definition) is 10. The lowest BCUT2D eigenvalue weighted by atomic mass is 10.1. The molecule has 4 heterocycles. The molecule has 1 fully saturated rings. The Labute approximate surface area is 133 Å². The summed E-state index contributed by atoms with van der Waals surface area (Å²) >= 11 is 0. The van der Waals surface area contributed by atoms with E-state index in [4.69, 9.17) is 9.57 Å². The molecule has 4 rings (SSSR count). The summed E-state index contributed by atoms with van der Waals surface area (Å²) in [4.78, 5) is 18.0. The number of imidazole rings is 1. The third-order valence-corrected chi connectivity index (χ3v) is 3.72. The number of aliphatic hydroxyl groups excluding tert-OH is 2. The molecule has 0 unspecified atom stereocenters. The molecule has 1 aliphatic rings.